The van der Waals surface area contributed by atoms with Crippen LogP contribution in [0.4, 0.5) is 13.2 Å². The van der Waals surface area contributed by atoms with Crippen molar-refractivity contribution in [3.8, 4) is 0 Å². The molecule has 74 valence electrons. The molecule has 2 heterocycles. The Morgan fingerprint density at radius 3 is 2.71 bits per heavy atom. The molecule has 0 fully saturated rings. The third kappa shape index (κ3) is 1.40. The number of fused-ring (bicyclic) bond motifs is 1. The van der Waals surface area contributed by atoms with Gasteiger partial charge in [-0.25, -0.2) is 28.1 Å². The van der Waals surface area contributed by atoms with Crippen LogP contribution in [0.25, 0.3) is 11.2 Å². The normalized spacial score (nSPS) is 13.7. The number of alkyl halides is 3. The summed E-state index contributed by atoms with van der Waals surface area (Å²) in [5, 5.41) is 0. The summed E-state index contributed by atoms with van der Waals surface area (Å²) in [7, 11) is 0. The number of nitrogens with zero attached hydrogens (tertiary/aromatic N) is 3. The van der Waals surface area contributed by atoms with Gasteiger partial charge in [0.25, 0.3) is 6.43 Å². The van der Waals surface area contributed by atoms with Gasteiger partial charge in [-0.2, -0.15) is 0 Å². The van der Waals surface area contributed by atoms with Crippen LogP contribution in [0.1, 0.15) is 12.0 Å². The van der Waals surface area contributed by atoms with E-state index in [0.29, 0.717) is 5.52 Å². The van der Waals surface area contributed by atoms with E-state index in [0.717, 1.165) is 0 Å². The zero-order valence-electron chi connectivity index (χ0n) is 6.78. The van der Waals surface area contributed by atoms with Crippen molar-refractivity contribution in [2.75, 3.05) is 0 Å². The second kappa shape index (κ2) is 3.24. The minimum absolute atomic E-state index is 0.179. The van der Waals surface area contributed by atoms with Gasteiger partial charge < -0.3 is 4.98 Å². The average Bonchev–Trinajstić information content (AvgIpc) is 2.62. The molecule has 0 aliphatic rings. The molecule has 0 aliphatic heterocycles. The summed E-state index contributed by atoms with van der Waals surface area (Å²) in [6, 6.07) is 0. The smallest absolute Gasteiger partial charge is 0.276 e. The lowest BCUT2D eigenvalue weighted by Gasteiger charge is -2.03. The first-order valence-corrected chi connectivity index (χ1v) is 3.76. The molecular weight excluding hydrogens is 197 g/mol. The number of nitrogens with one attached hydrogen (secondary N) is 1. The summed E-state index contributed by atoms with van der Waals surface area (Å²) < 4.78 is 36.7. The number of hydrogen-bond donors (Lipinski definition) is 1. The van der Waals surface area contributed by atoms with Crippen molar-refractivity contribution in [1.29, 1.82) is 0 Å². The maximum absolute atomic E-state index is 12.8. The van der Waals surface area contributed by atoms with E-state index < -0.39 is 18.4 Å². The van der Waals surface area contributed by atoms with Gasteiger partial charge >= 0.3 is 0 Å². The van der Waals surface area contributed by atoms with Gasteiger partial charge in [-0.1, -0.05) is 0 Å². The summed E-state index contributed by atoms with van der Waals surface area (Å²) in [6.45, 7) is 0. The molecular formula is C7H5F3N4. The second-order valence-electron chi connectivity index (χ2n) is 2.60. The molecule has 0 aromatic carbocycles. The highest BCUT2D eigenvalue weighted by atomic mass is 19.3. The van der Waals surface area contributed by atoms with Crippen LogP contribution in [0, 0.1) is 0 Å². The molecule has 0 saturated heterocycles. The monoisotopic (exact) mass is 202 g/mol. The molecule has 1 atom stereocenters. The maximum Gasteiger partial charge on any atom is 0.276 e. The fourth-order valence-electron chi connectivity index (χ4n) is 0.995. The fourth-order valence-corrected chi connectivity index (χ4v) is 0.995. The zero-order valence-corrected chi connectivity index (χ0v) is 6.78. The van der Waals surface area contributed by atoms with Gasteiger partial charge in [0.1, 0.15) is 5.52 Å². The highest BCUT2D eigenvalue weighted by Crippen LogP contribution is 2.21. The quantitative estimate of drug-likeness (QED) is 0.805. The van der Waals surface area contributed by atoms with Gasteiger partial charge in [-0.3, -0.25) is 0 Å². The van der Waals surface area contributed by atoms with Crippen molar-refractivity contribution < 1.29 is 13.2 Å². The Morgan fingerprint density at radius 1 is 1.21 bits per heavy atom. The minimum atomic E-state index is -3.12. The Labute approximate surface area is 76.2 Å². The molecule has 1 unspecified atom stereocenters. The Kier molecular flexibility index (Phi) is 2.06. The number of rotatable bonds is 2. The lowest BCUT2D eigenvalue weighted by atomic mass is 10.3. The third-order valence-corrected chi connectivity index (χ3v) is 1.66. The first kappa shape index (κ1) is 8.92. The highest BCUT2D eigenvalue weighted by Gasteiger charge is 2.24. The largest absolute Gasteiger partial charge is 0.342 e. The van der Waals surface area contributed by atoms with E-state index in [1.165, 1.54) is 12.5 Å². The van der Waals surface area contributed by atoms with Gasteiger partial charge in [-0.15, -0.1) is 0 Å². The number of halogens is 3. The van der Waals surface area contributed by atoms with Gasteiger partial charge in [0, 0.05) is 0 Å². The van der Waals surface area contributed by atoms with E-state index in [2.05, 4.69) is 19.9 Å². The van der Waals surface area contributed by atoms with Gasteiger partial charge in [0.05, 0.1) is 12.5 Å². The molecule has 7 heteroatoms. The van der Waals surface area contributed by atoms with E-state index >= 15 is 0 Å². The average molecular weight is 202 g/mol. The first-order chi connectivity index (χ1) is 6.68. The predicted octanol–water partition coefficient (Wildman–Crippen LogP) is 1.63. The van der Waals surface area contributed by atoms with Crippen LogP contribution in [0.2, 0.25) is 0 Å². The third-order valence-electron chi connectivity index (χ3n) is 1.66. The Morgan fingerprint density at radius 2 is 2.00 bits per heavy atom. The van der Waals surface area contributed by atoms with Crippen LogP contribution >= 0.6 is 0 Å². The van der Waals surface area contributed by atoms with Crippen molar-refractivity contribution in [3.63, 3.8) is 0 Å². The summed E-state index contributed by atoms with van der Waals surface area (Å²) in [6.07, 6.45) is -3.03. The van der Waals surface area contributed by atoms with Crippen molar-refractivity contribution in [2.45, 2.75) is 12.6 Å². The number of aromatic nitrogens is 4. The molecule has 0 spiro atoms. The molecule has 4 nitrogen and oxygen atoms in total. The van der Waals surface area contributed by atoms with Crippen LogP contribution < -0.4 is 0 Å². The minimum Gasteiger partial charge on any atom is -0.342 e. The highest BCUT2D eigenvalue weighted by molar-refractivity contribution is 5.68. The fraction of sp³-hybridized carbons (Fsp3) is 0.286. The van der Waals surface area contributed by atoms with E-state index in [4.69, 9.17) is 0 Å². The summed E-state index contributed by atoms with van der Waals surface area (Å²) in [5.41, 5.74) is 0.661. The summed E-state index contributed by atoms with van der Waals surface area (Å²) in [4.78, 5) is 13.4. The number of aromatic amines is 1. The second-order valence-corrected chi connectivity index (χ2v) is 2.60. The summed E-state index contributed by atoms with van der Waals surface area (Å²) in [5.74, 6) is -0.542. The van der Waals surface area contributed by atoms with Crippen molar-refractivity contribution in [2.24, 2.45) is 0 Å². The Hall–Kier alpha value is -1.66. The van der Waals surface area contributed by atoms with E-state index in [9.17, 15) is 13.2 Å². The standard InChI is InChI=1S/C7H5F3N4/c8-4(5(9)10)7-11-1-3-6(14-7)13-2-12-3/h1-2,4-5H,(H,11,12,13,14). The molecule has 0 bridgehead atoms. The molecule has 14 heavy (non-hydrogen) atoms. The van der Waals surface area contributed by atoms with E-state index in [1.807, 2.05) is 0 Å². The number of imidazole rings is 1. The van der Waals surface area contributed by atoms with Crippen LogP contribution in [0.3, 0.4) is 0 Å². The van der Waals surface area contributed by atoms with Crippen LogP contribution in [-0.4, -0.2) is 26.4 Å². The van der Waals surface area contributed by atoms with Crippen molar-refractivity contribution in [1.82, 2.24) is 19.9 Å². The van der Waals surface area contributed by atoms with Crippen LogP contribution in [0.15, 0.2) is 12.5 Å². The lowest BCUT2D eigenvalue weighted by Crippen LogP contribution is -2.07. The Bertz CT molecular complexity index is 441. The van der Waals surface area contributed by atoms with Crippen molar-refractivity contribution >= 4 is 11.2 Å². The number of hydrogen-bond acceptors (Lipinski definition) is 3. The van der Waals surface area contributed by atoms with Crippen LogP contribution in [0.5, 0.6) is 0 Å². The molecule has 0 radical (unpaired) electrons. The van der Waals surface area contributed by atoms with Crippen LogP contribution in [-0.2, 0) is 0 Å². The van der Waals surface area contributed by atoms with E-state index in [-0.39, 0.29) is 5.65 Å². The summed E-state index contributed by atoms with van der Waals surface area (Å²) >= 11 is 0. The molecule has 0 amide bonds. The first-order valence-electron chi connectivity index (χ1n) is 3.76. The molecule has 0 saturated carbocycles. The van der Waals surface area contributed by atoms with Crippen molar-refractivity contribution in [3.05, 3.63) is 18.3 Å². The van der Waals surface area contributed by atoms with Gasteiger partial charge in [0.2, 0.25) is 6.17 Å². The number of H-pyrrole nitrogens is 1. The molecule has 2 rings (SSSR count). The SMILES string of the molecule is FC(F)C(F)c1ncc2[nH]cnc2n1. The predicted molar refractivity (Wildman–Crippen MR) is 41.5 cm³/mol. The topological polar surface area (TPSA) is 54.5 Å². The zero-order chi connectivity index (χ0) is 10.1. The molecule has 1 N–H and O–H groups in total. The maximum atomic E-state index is 12.8. The van der Waals surface area contributed by atoms with E-state index in [1.54, 1.807) is 0 Å². The van der Waals surface area contributed by atoms with Gasteiger partial charge in [-0.05, 0) is 0 Å². The molecule has 2 aromatic rings. The molecule has 0 aliphatic carbocycles. The molecule has 2 aromatic heterocycles. The van der Waals surface area contributed by atoms with Gasteiger partial charge in [0.15, 0.2) is 11.5 Å². The lowest BCUT2D eigenvalue weighted by molar-refractivity contribution is 0.0449. The Balaban J connectivity index is 2.43.